The van der Waals surface area contributed by atoms with Crippen LogP contribution in [0.15, 0.2) is 18.2 Å². The lowest BCUT2D eigenvalue weighted by Gasteiger charge is -2.18. The van der Waals surface area contributed by atoms with Gasteiger partial charge in [-0.3, -0.25) is 9.59 Å². The van der Waals surface area contributed by atoms with E-state index in [2.05, 4.69) is 36.6 Å². The summed E-state index contributed by atoms with van der Waals surface area (Å²) in [6.07, 6.45) is 0.723. The average Bonchev–Trinajstić information content (AvgIpc) is 2.38. The summed E-state index contributed by atoms with van der Waals surface area (Å²) in [4.78, 5) is 21.7. The van der Waals surface area contributed by atoms with Crippen molar-refractivity contribution >= 4 is 11.9 Å². The van der Waals surface area contributed by atoms with Crippen molar-refractivity contribution in [2.24, 2.45) is 0 Å². The van der Waals surface area contributed by atoms with E-state index in [0.29, 0.717) is 19.5 Å². The number of aryl methyl sites for hydroxylation is 2. The largest absolute Gasteiger partial charge is 0.481 e. The lowest BCUT2D eigenvalue weighted by molar-refractivity contribution is -0.137. The van der Waals surface area contributed by atoms with Gasteiger partial charge < -0.3 is 15.7 Å². The van der Waals surface area contributed by atoms with Crippen LogP contribution in [0.4, 0.5) is 0 Å². The maximum absolute atomic E-state index is 11.0. The first kappa shape index (κ1) is 17.2. The Balaban J connectivity index is 2.57. The van der Waals surface area contributed by atoms with Gasteiger partial charge in [-0.1, -0.05) is 18.2 Å². The van der Waals surface area contributed by atoms with E-state index in [9.17, 15) is 9.59 Å². The summed E-state index contributed by atoms with van der Waals surface area (Å²) in [6, 6.07) is 6.05. The van der Waals surface area contributed by atoms with Gasteiger partial charge in [-0.15, -0.1) is 0 Å². The smallest absolute Gasteiger partial charge is 0.304 e. The molecule has 1 rings (SSSR count). The van der Waals surface area contributed by atoms with Crippen LogP contribution in [-0.4, -0.2) is 36.1 Å². The number of nitrogens with one attached hydrogen (secondary N) is 2. The summed E-state index contributed by atoms with van der Waals surface area (Å²) in [5.74, 6) is -0.906. The number of aliphatic carboxylic acids is 1. The second kappa shape index (κ2) is 8.42. The molecule has 0 saturated heterocycles. The maximum Gasteiger partial charge on any atom is 0.304 e. The Morgan fingerprint density at radius 3 is 2.48 bits per heavy atom. The first-order chi connectivity index (χ1) is 9.88. The lowest BCUT2D eigenvalue weighted by Crippen LogP contribution is -2.38. The van der Waals surface area contributed by atoms with E-state index in [1.54, 1.807) is 0 Å². The molecule has 116 valence electrons. The number of benzene rings is 1. The Hall–Kier alpha value is -1.88. The summed E-state index contributed by atoms with van der Waals surface area (Å²) in [5.41, 5.74) is 3.56. The summed E-state index contributed by atoms with van der Waals surface area (Å²) in [6.45, 7) is 6.62. The van der Waals surface area contributed by atoms with Crippen molar-refractivity contribution in [3.63, 3.8) is 0 Å². The van der Waals surface area contributed by atoms with Gasteiger partial charge in [0.15, 0.2) is 0 Å². The first-order valence-corrected chi connectivity index (χ1v) is 7.14. The van der Waals surface area contributed by atoms with Crippen molar-refractivity contribution in [1.29, 1.82) is 0 Å². The van der Waals surface area contributed by atoms with Gasteiger partial charge in [-0.2, -0.15) is 0 Å². The number of carboxylic acids is 1. The standard InChI is InChI=1S/C16H24N2O3/c1-11-4-5-14(8-12(11)2)9-15(10-16(20)21)18-7-6-17-13(3)19/h4-5,8,15,18H,6-7,9-10H2,1-3H3,(H,17,19)(H,20,21). The Bertz CT molecular complexity index is 500. The minimum Gasteiger partial charge on any atom is -0.481 e. The summed E-state index contributed by atoms with van der Waals surface area (Å²) >= 11 is 0. The van der Waals surface area contributed by atoms with E-state index in [1.165, 1.54) is 18.1 Å². The Labute approximate surface area is 125 Å². The highest BCUT2D eigenvalue weighted by Crippen LogP contribution is 2.12. The molecular formula is C16H24N2O3. The highest BCUT2D eigenvalue weighted by atomic mass is 16.4. The number of rotatable bonds is 8. The highest BCUT2D eigenvalue weighted by molar-refractivity contribution is 5.72. The number of carbonyl (C=O) groups excluding carboxylic acids is 1. The number of carbonyl (C=O) groups is 2. The van der Waals surface area contributed by atoms with Gasteiger partial charge in [0.25, 0.3) is 0 Å². The number of hydrogen-bond donors (Lipinski definition) is 3. The summed E-state index contributed by atoms with van der Waals surface area (Å²) < 4.78 is 0. The number of carboxylic acid groups (broad SMARTS) is 1. The van der Waals surface area contributed by atoms with Crippen LogP contribution in [0.3, 0.4) is 0 Å². The molecule has 1 unspecified atom stereocenters. The van der Waals surface area contributed by atoms with Crippen LogP contribution in [0.2, 0.25) is 0 Å². The normalized spacial score (nSPS) is 12.0. The van der Waals surface area contributed by atoms with Crippen molar-refractivity contribution in [1.82, 2.24) is 10.6 Å². The third-order valence-electron chi connectivity index (χ3n) is 3.41. The molecule has 0 spiro atoms. The SMILES string of the molecule is CC(=O)NCCNC(CC(=O)O)Cc1ccc(C)c(C)c1. The predicted octanol–water partition coefficient (Wildman–Crippen LogP) is 1.41. The van der Waals surface area contributed by atoms with Crippen molar-refractivity contribution in [2.45, 2.75) is 39.7 Å². The summed E-state index contributed by atoms with van der Waals surface area (Å²) in [5, 5.41) is 14.9. The molecule has 0 aromatic heterocycles. The average molecular weight is 292 g/mol. The van der Waals surface area contributed by atoms with Gasteiger partial charge in [-0.05, 0) is 37.0 Å². The molecular weight excluding hydrogens is 268 g/mol. The predicted molar refractivity (Wildman–Crippen MR) is 82.3 cm³/mol. The molecule has 1 atom stereocenters. The molecule has 0 fully saturated rings. The fourth-order valence-corrected chi connectivity index (χ4v) is 2.16. The number of amides is 1. The molecule has 0 radical (unpaired) electrons. The Morgan fingerprint density at radius 1 is 1.19 bits per heavy atom. The molecule has 1 aromatic carbocycles. The van der Waals surface area contributed by atoms with E-state index < -0.39 is 5.97 Å². The minimum absolute atomic E-state index is 0.0625. The van der Waals surface area contributed by atoms with Gasteiger partial charge in [-0.25, -0.2) is 0 Å². The maximum atomic E-state index is 11.0. The molecule has 0 aliphatic rings. The second-order valence-corrected chi connectivity index (χ2v) is 5.35. The van der Waals surface area contributed by atoms with E-state index in [4.69, 9.17) is 5.11 Å². The molecule has 0 bridgehead atoms. The van der Waals surface area contributed by atoms with Gasteiger partial charge in [0.05, 0.1) is 6.42 Å². The van der Waals surface area contributed by atoms with E-state index in [0.717, 1.165) is 5.56 Å². The van der Waals surface area contributed by atoms with Crippen molar-refractivity contribution in [3.05, 3.63) is 34.9 Å². The topological polar surface area (TPSA) is 78.4 Å². The van der Waals surface area contributed by atoms with E-state index in [-0.39, 0.29) is 18.4 Å². The van der Waals surface area contributed by atoms with Crippen LogP contribution in [0.1, 0.15) is 30.0 Å². The molecule has 0 aliphatic heterocycles. The molecule has 5 nitrogen and oxygen atoms in total. The van der Waals surface area contributed by atoms with E-state index in [1.807, 2.05) is 6.07 Å². The van der Waals surface area contributed by atoms with Crippen LogP contribution in [0, 0.1) is 13.8 Å². The van der Waals surface area contributed by atoms with Gasteiger partial charge in [0.1, 0.15) is 0 Å². The van der Waals surface area contributed by atoms with Crippen LogP contribution in [0.25, 0.3) is 0 Å². The highest BCUT2D eigenvalue weighted by Gasteiger charge is 2.13. The van der Waals surface area contributed by atoms with Gasteiger partial charge >= 0.3 is 5.97 Å². The zero-order valence-electron chi connectivity index (χ0n) is 12.9. The molecule has 1 amide bonds. The quantitative estimate of drug-likeness (QED) is 0.633. The molecule has 3 N–H and O–H groups in total. The Kier molecular flexibility index (Phi) is 6.88. The molecule has 0 heterocycles. The molecule has 0 saturated carbocycles. The molecule has 1 aromatic rings. The molecule has 5 heteroatoms. The van der Waals surface area contributed by atoms with Gasteiger partial charge in [0, 0.05) is 26.1 Å². The fraction of sp³-hybridized carbons (Fsp3) is 0.500. The lowest BCUT2D eigenvalue weighted by atomic mass is 9.99. The molecule has 21 heavy (non-hydrogen) atoms. The van der Waals surface area contributed by atoms with Crippen LogP contribution < -0.4 is 10.6 Å². The number of hydrogen-bond acceptors (Lipinski definition) is 3. The van der Waals surface area contributed by atoms with Crippen molar-refractivity contribution in [2.75, 3.05) is 13.1 Å². The molecule has 0 aliphatic carbocycles. The zero-order chi connectivity index (χ0) is 15.8. The monoisotopic (exact) mass is 292 g/mol. The third kappa shape index (κ3) is 6.90. The minimum atomic E-state index is -0.823. The van der Waals surface area contributed by atoms with Crippen LogP contribution in [0.5, 0.6) is 0 Å². The van der Waals surface area contributed by atoms with E-state index >= 15 is 0 Å². The van der Waals surface area contributed by atoms with Gasteiger partial charge in [0.2, 0.25) is 5.91 Å². The van der Waals surface area contributed by atoms with Crippen LogP contribution in [-0.2, 0) is 16.0 Å². The fourth-order valence-electron chi connectivity index (χ4n) is 2.16. The summed E-state index contributed by atoms with van der Waals surface area (Å²) in [7, 11) is 0. The van der Waals surface area contributed by atoms with Crippen LogP contribution >= 0.6 is 0 Å². The Morgan fingerprint density at radius 2 is 1.90 bits per heavy atom. The van der Waals surface area contributed by atoms with Crippen molar-refractivity contribution in [3.8, 4) is 0 Å². The first-order valence-electron chi connectivity index (χ1n) is 7.14. The second-order valence-electron chi connectivity index (χ2n) is 5.35. The third-order valence-corrected chi connectivity index (χ3v) is 3.41. The van der Waals surface area contributed by atoms with Crippen molar-refractivity contribution < 1.29 is 14.7 Å². The zero-order valence-corrected chi connectivity index (χ0v) is 12.9.